The van der Waals surface area contributed by atoms with Gasteiger partial charge in [0.1, 0.15) is 5.75 Å². The smallest absolute Gasteiger partial charge is 0.119 e. The van der Waals surface area contributed by atoms with Crippen LogP contribution in [0.1, 0.15) is 17.3 Å². The van der Waals surface area contributed by atoms with Gasteiger partial charge in [-0.25, -0.2) is 10.4 Å². The number of benzene rings is 1. The largest absolute Gasteiger partial charge is 0.497 e. The van der Waals surface area contributed by atoms with E-state index in [2.05, 4.69) is 10.4 Å². The first-order chi connectivity index (χ1) is 7.85. The summed E-state index contributed by atoms with van der Waals surface area (Å²) < 4.78 is 5.18. The lowest BCUT2D eigenvalue weighted by atomic mass is 10.1. The quantitative estimate of drug-likeness (QED) is 0.625. The molecule has 2 rings (SSSR count). The van der Waals surface area contributed by atoms with Crippen LogP contribution in [0.25, 0.3) is 0 Å². The van der Waals surface area contributed by atoms with Crippen LogP contribution in [0.15, 0.2) is 35.2 Å². The molecule has 1 heterocycles. The average Bonchev–Trinajstić information content (AvgIpc) is 2.84. The summed E-state index contributed by atoms with van der Waals surface area (Å²) in [7, 11) is 1.65. The summed E-state index contributed by atoms with van der Waals surface area (Å²) in [6.45, 7) is 0. The fourth-order valence-electron chi connectivity index (χ4n) is 1.54. The minimum atomic E-state index is -0.0960. The fraction of sp³-hybridized carbons (Fsp3) is 0.182. The van der Waals surface area contributed by atoms with Gasteiger partial charge in [0.25, 0.3) is 0 Å². The molecule has 0 saturated carbocycles. The number of hydrogen-bond donors (Lipinski definition) is 2. The third-order valence-corrected chi connectivity index (χ3v) is 2.95. The van der Waals surface area contributed by atoms with Crippen LogP contribution in [0.5, 0.6) is 5.75 Å². The van der Waals surface area contributed by atoms with E-state index < -0.39 is 0 Å². The van der Waals surface area contributed by atoms with E-state index >= 15 is 0 Å². The van der Waals surface area contributed by atoms with E-state index in [-0.39, 0.29) is 6.04 Å². The number of nitrogens with two attached hydrogens (primary N) is 1. The lowest BCUT2D eigenvalue weighted by Crippen LogP contribution is -2.29. The number of nitrogens with one attached hydrogen (secondary N) is 1. The molecule has 1 atom stereocenters. The molecular formula is C11H13N3OS. The van der Waals surface area contributed by atoms with Crippen molar-refractivity contribution in [1.29, 1.82) is 0 Å². The zero-order chi connectivity index (χ0) is 11.4. The number of hydrazine groups is 1. The standard InChI is InChI=1S/C11H13N3OS/c1-15-9-4-2-3-8(5-9)11(14-12)10-6-16-7-13-10/h2-7,11,14H,12H2,1H3. The van der Waals surface area contributed by atoms with E-state index in [1.807, 2.05) is 29.6 Å². The van der Waals surface area contributed by atoms with Crippen molar-refractivity contribution in [2.45, 2.75) is 6.04 Å². The van der Waals surface area contributed by atoms with E-state index in [4.69, 9.17) is 10.6 Å². The minimum Gasteiger partial charge on any atom is -0.497 e. The van der Waals surface area contributed by atoms with E-state index in [0.717, 1.165) is 17.0 Å². The number of aromatic nitrogens is 1. The second-order valence-electron chi connectivity index (χ2n) is 3.29. The van der Waals surface area contributed by atoms with Gasteiger partial charge in [-0.05, 0) is 17.7 Å². The molecule has 0 amide bonds. The predicted molar refractivity (Wildman–Crippen MR) is 64.3 cm³/mol. The number of methoxy groups -OCH3 is 1. The Morgan fingerprint density at radius 3 is 3.00 bits per heavy atom. The second kappa shape index (κ2) is 5.07. The molecule has 0 spiro atoms. The molecule has 2 aromatic rings. The van der Waals surface area contributed by atoms with Crippen molar-refractivity contribution in [3.05, 3.63) is 46.4 Å². The van der Waals surface area contributed by atoms with Crippen molar-refractivity contribution < 1.29 is 4.74 Å². The molecule has 0 aliphatic heterocycles. The molecule has 0 bridgehead atoms. The SMILES string of the molecule is COc1cccc(C(NN)c2cscn2)c1. The van der Waals surface area contributed by atoms with E-state index in [9.17, 15) is 0 Å². The van der Waals surface area contributed by atoms with Crippen molar-refractivity contribution in [1.82, 2.24) is 10.4 Å². The summed E-state index contributed by atoms with van der Waals surface area (Å²) in [4.78, 5) is 4.25. The molecule has 0 radical (unpaired) electrons. The second-order valence-corrected chi connectivity index (χ2v) is 4.01. The fourth-order valence-corrected chi connectivity index (χ4v) is 2.12. The van der Waals surface area contributed by atoms with Crippen LogP contribution in [0.2, 0.25) is 0 Å². The molecule has 0 aliphatic carbocycles. The van der Waals surface area contributed by atoms with E-state index in [1.165, 1.54) is 0 Å². The summed E-state index contributed by atoms with van der Waals surface area (Å²) in [5.41, 5.74) is 6.50. The third kappa shape index (κ3) is 2.21. The Hall–Kier alpha value is -1.43. The zero-order valence-corrected chi connectivity index (χ0v) is 9.70. The summed E-state index contributed by atoms with van der Waals surface area (Å²) >= 11 is 1.55. The van der Waals surface area contributed by atoms with Gasteiger partial charge in [0.2, 0.25) is 0 Å². The molecule has 0 aliphatic rings. The number of nitrogens with zero attached hydrogens (tertiary/aromatic N) is 1. The highest BCUT2D eigenvalue weighted by atomic mass is 32.1. The first-order valence-electron chi connectivity index (χ1n) is 4.83. The maximum atomic E-state index is 5.56. The predicted octanol–water partition coefficient (Wildman–Crippen LogP) is 1.70. The van der Waals surface area contributed by atoms with Crippen LogP contribution in [-0.2, 0) is 0 Å². The lowest BCUT2D eigenvalue weighted by Gasteiger charge is -2.14. The van der Waals surface area contributed by atoms with Crippen LogP contribution >= 0.6 is 11.3 Å². The zero-order valence-electron chi connectivity index (χ0n) is 8.88. The Morgan fingerprint density at radius 1 is 1.50 bits per heavy atom. The Labute approximate surface area is 98.1 Å². The molecule has 1 unspecified atom stereocenters. The maximum absolute atomic E-state index is 5.56. The normalized spacial score (nSPS) is 12.4. The van der Waals surface area contributed by atoms with Crippen LogP contribution in [-0.4, -0.2) is 12.1 Å². The lowest BCUT2D eigenvalue weighted by molar-refractivity contribution is 0.413. The van der Waals surface area contributed by atoms with Gasteiger partial charge >= 0.3 is 0 Å². The summed E-state index contributed by atoms with van der Waals surface area (Å²) in [6.07, 6.45) is 0. The Bertz CT molecular complexity index is 444. The molecule has 84 valence electrons. The molecule has 0 saturated heterocycles. The number of ether oxygens (including phenoxy) is 1. The van der Waals surface area contributed by atoms with Crippen molar-refractivity contribution in [3.8, 4) is 5.75 Å². The summed E-state index contributed by atoms with van der Waals surface area (Å²) in [5, 5.41) is 1.98. The first-order valence-corrected chi connectivity index (χ1v) is 5.77. The van der Waals surface area contributed by atoms with Crippen LogP contribution in [0.3, 0.4) is 0 Å². The molecule has 3 N–H and O–H groups in total. The van der Waals surface area contributed by atoms with Gasteiger partial charge < -0.3 is 4.74 Å². The minimum absolute atomic E-state index is 0.0960. The van der Waals surface area contributed by atoms with Gasteiger partial charge in [-0.2, -0.15) is 0 Å². The Morgan fingerprint density at radius 2 is 2.38 bits per heavy atom. The van der Waals surface area contributed by atoms with E-state index in [1.54, 1.807) is 24.0 Å². The first kappa shape index (κ1) is 11.1. The van der Waals surface area contributed by atoms with Crippen molar-refractivity contribution in [3.63, 3.8) is 0 Å². The molecular weight excluding hydrogens is 222 g/mol. The highest BCUT2D eigenvalue weighted by molar-refractivity contribution is 7.07. The molecule has 0 fully saturated rings. The van der Waals surface area contributed by atoms with Gasteiger partial charge in [0.15, 0.2) is 0 Å². The maximum Gasteiger partial charge on any atom is 0.119 e. The monoisotopic (exact) mass is 235 g/mol. The number of hydrogen-bond acceptors (Lipinski definition) is 5. The number of thiazole rings is 1. The van der Waals surface area contributed by atoms with Crippen molar-refractivity contribution in [2.75, 3.05) is 7.11 Å². The summed E-state index contributed by atoms with van der Waals surface area (Å²) in [6, 6.07) is 7.68. The van der Waals surface area contributed by atoms with Gasteiger partial charge in [-0.3, -0.25) is 5.84 Å². The van der Waals surface area contributed by atoms with Gasteiger partial charge in [-0.1, -0.05) is 12.1 Å². The molecule has 1 aromatic heterocycles. The van der Waals surface area contributed by atoms with Crippen molar-refractivity contribution in [2.24, 2.45) is 5.84 Å². The highest BCUT2D eigenvalue weighted by Crippen LogP contribution is 2.24. The van der Waals surface area contributed by atoms with Gasteiger partial charge in [-0.15, -0.1) is 11.3 Å². The van der Waals surface area contributed by atoms with Gasteiger partial charge in [0, 0.05) is 5.38 Å². The van der Waals surface area contributed by atoms with E-state index in [0.29, 0.717) is 0 Å². The van der Waals surface area contributed by atoms with Crippen molar-refractivity contribution >= 4 is 11.3 Å². The average molecular weight is 235 g/mol. The highest BCUT2D eigenvalue weighted by Gasteiger charge is 2.14. The summed E-state index contributed by atoms with van der Waals surface area (Å²) in [5.74, 6) is 6.37. The molecule has 16 heavy (non-hydrogen) atoms. The van der Waals surface area contributed by atoms with Crippen LogP contribution < -0.4 is 16.0 Å². The molecule has 4 nitrogen and oxygen atoms in total. The topological polar surface area (TPSA) is 60.2 Å². The van der Waals surface area contributed by atoms with Crippen LogP contribution in [0.4, 0.5) is 0 Å². The van der Waals surface area contributed by atoms with Crippen LogP contribution in [0, 0.1) is 0 Å². The number of rotatable bonds is 4. The third-order valence-electron chi connectivity index (χ3n) is 2.34. The Balaban J connectivity index is 2.33. The molecule has 5 heteroatoms. The molecule has 1 aromatic carbocycles. The Kier molecular flexibility index (Phi) is 3.51. The van der Waals surface area contributed by atoms with Gasteiger partial charge in [0.05, 0.1) is 24.4 Å².